The highest BCUT2D eigenvalue weighted by Gasteiger charge is 2.46. The standard InChI is InChI=1S/C88H138N18O28S4/c1-9-53(4)63-37-60(108)41-94-79(115)56-35-64-62-16-17-72(125-6)65(78(62)103-85(64)138(124)51-68(98-74(113)42-95-80(63)116)82(118)100-67(39-73(90)112)86(121)106-44-61(109)38-69(106)83(119)102-77(70(110)36-56)54(5)71(111)45-107)50-137-34-33-132-32-31-131-30-29-130-28-27-129-26-25-128-24-23-127-22-21-126-20-19-105(92)43-57(89)40-96-88(123)133-46-55-12-14-58(15-13-55)97-81(117)66(11-10-18-93-87(91)122)99-84(120)76(52(2)3)101-75(114)47-134-104-59(48-135-7)49-136-8/h12-17,43,52-54,56,61,63,66-69,71,76-77,103,107,109,111H,9-11,18-42,44-51,89,92H2,1-8H3,(H2,90,112)(H,94,115)(H,95,116)(H,96,123)(H,97,117)(H,98,113)(H,99,120)(H,100,118)(H,101,114)(H,102,119)(H3,91,93,122)/b57-43-/t53-,54-,56+,61+,63-,66-,67-,68?,69-,71-,76-,77-,138?/m0/s1. The van der Waals surface area contributed by atoms with Crippen LogP contribution in [0.25, 0.3) is 10.9 Å². The topological polar surface area (TPSA) is 668 Å². The van der Waals surface area contributed by atoms with E-state index >= 15 is 9.00 Å². The van der Waals surface area contributed by atoms with E-state index in [0.29, 0.717) is 110 Å². The molecule has 46 nitrogen and oxygen atoms in total. The van der Waals surface area contributed by atoms with Crippen LogP contribution in [0.4, 0.5) is 15.3 Å². The zero-order chi connectivity index (χ0) is 101. The van der Waals surface area contributed by atoms with Crippen LogP contribution >= 0.6 is 35.3 Å². The van der Waals surface area contributed by atoms with Gasteiger partial charge in [-0.05, 0) is 79.0 Å². The summed E-state index contributed by atoms with van der Waals surface area (Å²) in [5.74, 6) is -7.19. The van der Waals surface area contributed by atoms with Crippen molar-refractivity contribution in [3.8, 4) is 5.75 Å². The molecule has 138 heavy (non-hydrogen) atoms. The summed E-state index contributed by atoms with van der Waals surface area (Å²) in [7, 11) is -0.991. The molecule has 6 rings (SSSR count). The number of primary amides is 2. The quantitative estimate of drug-likeness (QED) is 0.0125. The number of hydrazine groups is 1. The van der Waals surface area contributed by atoms with Gasteiger partial charge in [0.15, 0.2) is 18.2 Å². The van der Waals surface area contributed by atoms with Crippen LogP contribution in [0.15, 0.2) is 58.5 Å². The van der Waals surface area contributed by atoms with Crippen LogP contribution in [0.5, 0.6) is 5.75 Å². The maximum absolute atomic E-state index is 15.4. The lowest BCUT2D eigenvalue weighted by molar-refractivity contribution is -0.144. The summed E-state index contributed by atoms with van der Waals surface area (Å²) in [6.07, 6.45) is -0.564. The van der Waals surface area contributed by atoms with Gasteiger partial charge in [0.25, 0.3) is 5.91 Å². The van der Waals surface area contributed by atoms with E-state index in [1.54, 1.807) is 87.6 Å². The predicted molar refractivity (Wildman–Crippen MR) is 514 cm³/mol. The van der Waals surface area contributed by atoms with Crippen molar-refractivity contribution >= 4 is 151 Å². The Labute approximate surface area is 816 Å². The van der Waals surface area contributed by atoms with Crippen molar-refractivity contribution in [3.05, 3.63) is 65.0 Å². The second-order valence-electron chi connectivity index (χ2n) is 33.2. The van der Waals surface area contributed by atoms with Gasteiger partial charge in [-0.25, -0.2) is 15.4 Å². The molecule has 0 spiro atoms. The smallest absolute Gasteiger partial charge is 0.407 e. The fraction of sp³-hybridized carbons (Fsp3) is 0.648. The molecule has 4 heterocycles. The lowest BCUT2D eigenvalue weighted by Gasteiger charge is -2.32. The van der Waals surface area contributed by atoms with E-state index in [1.165, 1.54) is 37.0 Å². The second kappa shape index (κ2) is 63.6. The monoisotopic (exact) mass is 2020 g/mol. The van der Waals surface area contributed by atoms with E-state index in [-0.39, 0.29) is 107 Å². The molecule has 3 aromatic rings. The highest BCUT2D eigenvalue weighted by molar-refractivity contribution is 8.00. The van der Waals surface area contributed by atoms with Gasteiger partial charge < -0.3 is 148 Å². The van der Waals surface area contributed by atoms with Gasteiger partial charge in [0.2, 0.25) is 53.2 Å². The minimum atomic E-state index is -2.43. The summed E-state index contributed by atoms with van der Waals surface area (Å²) in [5, 5.41) is 63.7. The van der Waals surface area contributed by atoms with E-state index in [9.17, 15) is 77.6 Å². The molecular weight excluding hydrogens is 1890 g/mol. The molecule has 0 radical (unpaired) electrons. The molecule has 13 amide bonds. The average molecular weight is 2020 g/mol. The number of aromatic nitrogens is 1. The minimum absolute atomic E-state index is 0.0795. The molecule has 50 heteroatoms. The van der Waals surface area contributed by atoms with Gasteiger partial charge in [-0.1, -0.05) is 58.3 Å². The van der Waals surface area contributed by atoms with Crippen molar-refractivity contribution in [2.24, 2.45) is 57.8 Å². The van der Waals surface area contributed by atoms with Gasteiger partial charge in [-0.3, -0.25) is 61.7 Å². The Kier molecular flexibility index (Phi) is 53.7. The number of nitrogens with one attached hydrogen (secondary N) is 11. The lowest BCUT2D eigenvalue weighted by Crippen LogP contribution is -2.60. The Morgan fingerprint density at radius 1 is 0.739 bits per heavy atom. The SMILES string of the molecule is CC[C@H](C)[C@@H]1CC(=O)CNC(=O)[C@H]2CC(=O)[C@H]([C@@H](C)[C@@H](O)CO)NC(=O)[C@@H]3C[C@@H](O)CN3C(=O)[C@H](CC(N)=O)NC(=O)C(CS(=O)c3[nH]c4c(CSCCOCCOCCOCCOCCOCCOCCOCCN(N)/C=C(\N)CNC(=O)OCc5ccc(NC(=O)[C@H](CCCNC(N)=O)NC(=O)[C@@H](NC(=O)CON=C(CSC)CSC)C(C)C)cc5)c(OC)ccc4c3C2)NC(=O)CNC1=O. The largest absolute Gasteiger partial charge is 0.496 e. The molecule has 2 aromatic carbocycles. The maximum atomic E-state index is 15.4. The Hall–Kier alpha value is -10.1. The Balaban J connectivity index is 0.890. The number of thioether (sulfide) groups is 3. The van der Waals surface area contributed by atoms with E-state index < -0.39 is 236 Å². The summed E-state index contributed by atoms with van der Waals surface area (Å²) < 4.78 is 66.2. The first-order chi connectivity index (χ1) is 66.1. The molecule has 22 N–H and O–H groups in total. The van der Waals surface area contributed by atoms with Crippen LogP contribution in [0.3, 0.4) is 0 Å². The number of urea groups is 1. The number of nitrogens with two attached hydrogens (primary N) is 4. The van der Waals surface area contributed by atoms with Crippen molar-refractivity contribution in [3.63, 3.8) is 0 Å². The number of carbonyl (C=O) groups is 14. The number of amides is 13. The predicted octanol–water partition coefficient (Wildman–Crippen LogP) is -2.07. The molecular formula is C88H138N18O28S4. The fourth-order valence-electron chi connectivity index (χ4n) is 14.6. The zero-order valence-corrected chi connectivity index (χ0v) is 82.6. The molecule has 1 saturated heterocycles. The van der Waals surface area contributed by atoms with Crippen molar-refractivity contribution in [2.75, 3.05) is 193 Å². The lowest BCUT2D eigenvalue weighted by atomic mass is 9.85. The summed E-state index contributed by atoms with van der Waals surface area (Å²) in [5.41, 5.74) is 20.0. The number of alkyl carbamates (subject to hydrolysis) is 1. The molecule has 3 aliphatic rings. The number of aliphatic hydroxyl groups excluding tert-OH is 3. The van der Waals surface area contributed by atoms with Crippen molar-refractivity contribution in [1.82, 2.24) is 62.7 Å². The number of rotatable bonds is 56. The number of oxime groups is 1. The Morgan fingerprint density at radius 3 is 1.96 bits per heavy atom. The number of methoxy groups -OCH3 is 1. The number of Topliss-reactive ketones (excluding diaryl/α,β-unsaturated/α-hetero) is 2. The first-order valence-corrected chi connectivity index (χ1v) is 50.7. The van der Waals surface area contributed by atoms with Crippen molar-refractivity contribution in [2.45, 2.75) is 152 Å². The van der Waals surface area contributed by atoms with Gasteiger partial charge in [-0.2, -0.15) is 35.3 Å². The third-order valence-electron chi connectivity index (χ3n) is 22.2. The number of benzene rings is 2. The summed E-state index contributed by atoms with van der Waals surface area (Å²) >= 11 is 4.57. The first-order valence-electron chi connectivity index (χ1n) is 45.4. The number of nitrogens with zero attached hydrogens (tertiary/aromatic N) is 3. The molecule has 0 saturated carbocycles. The average Bonchev–Trinajstić information content (AvgIpc) is 1.61. The number of anilines is 1. The Morgan fingerprint density at radius 2 is 1.36 bits per heavy atom. The summed E-state index contributed by atoms with van der Waals surface area (Å²) in [6, 6.07) is -0.156. The number of carbonyl (C=O) groups excluding carboxylic acids is 14. The minimum Gasteiger partial charge on any atom is -0.496 e. The van der Waals surface area contributed by atoms with Gasteiger partial charge in [0.1, 0.15) is 47.6 Å². The highest BCUT2D eigenvalue weighted by atomic mass is 32.2. The molecule has 13 atom stereocenters. The van der Waals surface area contributed by atoms with E-state index in [4.69, 9.17) is 70.5 Å². The summed E-state index contributed by atoms with van der Waals surface area (Å²) in [6.45, 7) is 9.45. The maximum Gasteiger partial charge on any atom is 0.407 e. The van der Waals surface area contributed by atoms with Crippen LogP contribution < -0.4 is 80.9 Å². The Bertz CT molecular complexity index is 4530. The van der Waals surface area contributed by atoms with Crippen LogP contribution in [-0.4, -0.2) is 359 Å². The molecule has 2 bridgehead atoms. The highest BCUT2D eigenvalue weighted by Crippen LogP contribution is 2.38. The zero-order valence-electron chi connectivity index (χ0n) is 79.3. The van der Waals surface area contributed by atoms with E-state index in [0.717, 1.165) is 10.6 Å². The number of hydrogen-bond acceptors (Lipinski definition) is 35. The van der Waals surface area contributed by atoms with Crippen LogP contribution in [-0.2, 0) is 130 Å². The molecule has 0 aliphatic carbocycles. The third kappa shape index (κ3) is 41.4. The van der Waals surface area contributed by atoms with Crippen LogP contribution in [0.1, 0.15) is 96.3 Å². The van der Waals surface area contributed by atoms with Crippen molar-refractivity contribution < 1.29 is 134 Å². The molecule has 772 valence electrons. The summed E-state index contributed by atoms with van der Waals surface area (Å²) in [4.78, 5) is 202. The second-order valence-corrected chi connectivity index (χ2v) is 37.4. The van der Waals surface area contributed by atoms with Crippen LogP contribution in [0, 0.1) is 29.6 Å². The normalized spacial score (nSPS) is 19.9. The van der Waals surface area contributed by atoms with Crippen LogP contribution in [0.2, 0.25) is 0 Å². The third-order valence-corrected chi connectivity index (χ3v) is 25.9. The molecule has 1 fully saturated rings. The first kappa shape index (κ1) is 117. The number of ketones is 2. The molecule has 2 unspecified atom stereocenters. The fourth-order valence-corrected chi connectivity index (χ4v) is 18.0. The van der Waals surface area contributed by atoms with Gasteiger partial charge in [0.05, 0.1) is 185 Å². The number of ether oxygens (including phenoxy) is 9. The van der Waals surface area contributed by atoms with Gasteiger partial charge in [-0.15, -0.1) is 0 Å². The number of hydrogen-bond donors (Lipinski definition) is 18. The van der Waals surface area contributed by atoms with E-state index in [2.05, 4.69) is 63.3 Å². The van der Waals surface area contributed by atoms with Crippen molar-refractivity contribution in [1.29, 1.82) is 0 Å². The number of H-pyrrole nitrogens is 1. The number of aromatic amines is 1. The number of aliphatic hydroxyl groups is 3. The number of fused-ring (bicyclic) bond motifs is 5. The van der Waals surface area contributed by atoms with E-state index in [1.807, 2.05) is 12.5 Å². The molecule has 3 aliphatic heterocycles. The van der Waals surface area contributed by atoms with Gasteiger partial charge in [0, 0.05) is 102 Å². The molecule has 1 aromatic heterocycles. The van der Waals surface area contributed by atoms with Gasteiger partial charge >= 0.3 is 12.1 Å².